The maximum absolute atomic E-state index is 9.36. The molecule has 0 saturated heterocycles. The molecule has 0 aliphatic carbocycles. The molecule has 0 amide bonds. The fourth-order valence-electron chi connectivity index (χ4n) is 1.95. The average molecular weight is 255 g/mol. The third-order valence-electron chi connectivity index (χ3n) is 2.89. The summed E-state index contributed by atoms with van der Waals surface area (Å²) in [5, 5.41) is 10.3. The molecule has 4 nitrogen and oxygen atoms in total. The van der Waals surface area contributed by atoms with Crippen molar-refractivity contribution in [3.05, 3.63) is 54.3 Å². The molecule has 0 aliphatic heterocycles. The van der Waals surface area contributed by atoms with E-state index in [0.717, 1.165) is 16.5 Å². The van der Waals surface area contributed by atoms with Crippen molar-refractivity contribution < 1.29 is 14.3 Å². The summed E-state index contributed by atoms with van der Waals surface area (Å²) in [6, 6.07) is 12.2. The van der Waals surface area contributed by atoms with Crippen molar-refractivity contribution >= 4 is 16.7 Å². The Bertz CT molecular complexity index is 718. The first-order valence-electron chi connectivity index (χ1n) is 5.90. The van der Waals surface area contributed by atoms with Gasteiger partial charge in [-0.2, -0.15) is 0 Å². The molecule has 0 fully saturated rings. The highest BCUT2D eigenvalue weighted by Crippen LogP contribution is 2.25. The zero-order valence-corrected chi connectivity index (χ0v) is 10.2. The first-order valence-corrected chi connectivity index (χ1v) is 5.90. The number of fused-ring (bicyclic) bond motifs is 1. The number of hydrogen-bond acceptors (Lipinski definition) is 4. The Kier molecular flexibility index (Phi) is 2.76. The second kappa shape index (κ2) is 4.57. The lowest BCUT2D eigenvalue weighted by atomic mass is 10.2. The summed E-state index contributed by atoms with van der Waals surface area (Å²) in [5.41, 5.74) is 8.05. The van der Waals surface area contributed by atoms with E-state index in [-0.39, 0.29) is 5.75 Å². The van der Waals surface area contributed by atoms with Crippen LogP contribution in [0.5, 0.6) is 11.5 Å². The molecule has 96 valence electrons. The van der Waals surface area contributed by atoms with E-state index in [1.807, 2.05) is 12.1 Å². The van der Waals surface area contributed by atoms with Gasteiger partial charge in [0.25, 0.3) is 0 Å². The summed E-state index contributed by atoms with van der Waals surface area (Å²) in [7, 11) is 0. The second-order valence-corrected chi connectivity index (χ2v) is 4.30. The first-order chi connectivity index (χ1) is 9.22. The Hall–Kier alpha value is -2.62. The minimum Gasteiger partial charge on any atom is -0.508 e. The minimum absolute atomic E-state index is 0.183. The molecule has 19 heavy (non-hydrogen) atoms. The Morgan fingerprint density at radius 1 is 1.16 bits per heavy atom. The number of ether oxygens (including phenoxy) is 1. The molecular weight excluding hydrogens is 242 g/mol. The van der Waals surface area contributed by atoms with E-state index in [9.17, 15) is 5.11 Å². The van der Waals surface area contributed by atoms with Crippen LogP contribution in [0.2, 0.25) is 0 Å². The number of nitrogen functional groups attached to an aromatic ring is 1. The van der Waals surface area contributed by atoms with Gasteiger partial charge < -0.3 is 20.0 Å². The number of nitrogens with two attached hydrogens (primary N) is 1. The van der Waals surface area contributed by atoms with Crippen molar-refractivity contribution in [2.24, 2.45) is 0 Å². The monoisotopic (exact) mass is 255 g/mol. The van der Waals surface area contributed by atoms with Crippen LogP contribution in [0.3, 0.4) is 0 Å². The lowest BCUT2D eigenvalue weighted by Crippen LogP contribution is -1.94. The summed E-state index contributed by atoms with van der Waals surface area (Å²) in [6.45, 7) is 0.375. The smallest absolute Gasteiger partial charge is 0.136 e. The summed E-state index contributed by atoms with van der Waals surface area (Å²) in [4.78, 5) is 0. The van der Waals surface area contributed by atoms with Crippen molar-refractivity contribution in [2.45, 2.75) is 6.61 Å². The van der Waals surface area contributed by atoms with E-state index in [0.29, 0.717) is 18.0 Å². The Balaban J connectivity index is 1.82. The third-order valence-corrected chi connectivity index (χ3v) is 2.89. The standard InChI is InChI=1S/C15H13NO3/c16-11-4-5-14-10(9-19-15(14)6-11)8-18-13-3-1-2-12(17)7-13/h1-7,9,17H,8,16H2. The highest BCUT2D eigenvalue weighted by atomic mass is 16.5. The van der Waals surface area contributed by atoms with Gasteiger partial charge in [0.2, 0.25) is 0 Å². The van der Waals surface area contributed by atoms with Gasteiger partial charge in [-0.1, -0.05) is 6.07 Å². The number of phenolic OH excluding ortho intramolecular Hbond substituents is 1. The van der Waals surface area contributed by atoms with E-state index < -0.39 is 0 Å². The van der Waals surface area contributed by atoms with Gasteiger partial charge >= 0.3 is 0 Å². The normalized spacial score (nSPS) is 10.7. The maximum atomic E-state index is 9.36. The van der Waals surface area contributed by atoms with Gasteiger partial charge in [-0.05, 0) is 24.3 Å². The number of aromatic hydroxyl groups is 1. The Morgan fingerprint density at radius 2 is 2.05 bits per heavy atom. The van der Waals surface area contributed by atoms with Crippen LogP contribution in [0, 0.1) is 0 Å². The molecule has 3 N–H and O–H groups in total. The van der Waals surface area contributed by atoms with Crippen LogP contribution in [-0.4, -0.2) is 5.11 Å². The molecule has 0 aliphatic rings. The summed E-state index contributed by atoms with van der Waals surface area (Å²) >= 11 is 0. The van der Waals surface area contributed by atoms with Gasteiger partial charge in [0.05, 0.1) is 6.26 Å². The van der Waals surface area contributed by atoms with Crippen LogP contribution in [0.25, 0.3) is 11.0 Å². The molecule has 3 aromatic rings. The van der Waals surface area contributed by atoms with Crippen LogP contribution in [0.1, 0.15) is 5.56 Å². The fourth-order valence-corrected chi connectivity index (χ4v) is 1.95. The second-order valence-electron chi connectivity index (χ2n) is 4.30. The van der Waals surface area contributed by atoms with E-state index in [4.69, 9.17) is 14.9 Å². The van der Waals surface area contributed by atoms with Crippen molar-refractivity contribution in [1.82, 2.24) is 0 Å². The number of phenols is 1. The van der Waals surface area contributed by atoms with E-state index in [1.165, 1.54) is 0 Å². The van der Waals surface area contributed by atoms with E-state index in [2.05, 4.69) is 0 Å². The number of rotatable bonds is 3. The van der Waals surface area contributed by atoms with Crippen molar-refractivity contribution in [3.63, 3.8) is 0 Å². The number of hydrogen-bond donors (Lipinski definition) is 2. The van der Waals surface area contributed by atoms with Crippen molar-refractivity contribution in [2.75, 3.05) is 5.73 Å². The minimum atomic E-state index is 0.183. The summed E-state index contributed by atoms with van der Waals surface area (Å²) in [6.07, 6.45) is 1.66. The first kappa shape index (κ1) is 11.5. The van der Waals surface area contributed by atoms with Crippen LogP contribution in [0.15, 0.2) is 53.1 Å². The third kappa shape index (κ3) is 2.33. The van der Waals surface area contributed by atoms with Crippen molar-refractivity contribution in [3.8, 4) is 11.5 Å². The van der Waals surface area contributed by atoms with Crippen LogP contribution >= 0.6 is 0 Å². The lowest BCUT2D eigenvalue weighted by Gasteiger charge is -2.05. The van der Waals surface area contributed by atoms with Crippen LogP contribution in [0.4, 0.5) is 5.69 Å². The van der Waals surface area contributed by atoms with Crippen molar-refractivity contribution in [1.29, 1.82) is 0 Å². The molecule has 0 bridgehead atoms. The quantitative estimate of drug-likeness (QED) is 0.704. The van der Waals surface area contributed by atoms with Gasteiger partial charge in [-0.15, -0.1) is 0 Å². The van der Waals surface area contributed by atoms with Gasteiger partial charge in [-0.3, -0.25) is 0 Å². The molecule has 0 unspecified atom stereocenters. The lowest BCUT2D eigenvalue weighted by molar-refractivity contribution is 0.304. The summed E-state index contributed by atoms with van der Waals surface area (Å²) in [5.74, 6) is 0.798. The molecule has 0 radical (unpaired) electrons. The molecule has 4 heteroatoms. The average Bonchev–Trinajstić information content (AvgIpc) is 2.78. The molecule has 1 aromatic heterocycles. The predicted molar refractivity (Wildman–Crippen MR) is 73.1 cm³/mol. The maximum Gasteiger partial charge on any atom is 0.136 e. The molecular formula is C15H13NO3. The predicted octanol–water partition coefficient (Wildman–Crippen LogP) is 3.30. The Labute approximate surface area is 110 Å². The SMILES string of the molecule is Nc1ccc2c(COc3cccc(O)c3)coc2c1. The molecule has 0 saturated carbocycles. The van der Waals surface area contributed by atoms with E-state index >= 15 is 0 Å². The topological polar surface area (TPSA) is 68.6 Å². The van der Waals surface area contributed by atoms with Crippen LogP contribution < -0.4 is 10.5 Å². The largest absolute Gasteiger partial charge is 0.508 e. The number of furan rings is 1. The molecule has 2 aromatic carbocycles. The molecule has 0 atom stereocenters. The van der Waals surface area contributed by atoms with Gasteiger partial charge in [0, 0.05) is 28.8 Å². The van der Waals surface area contributed by atoms with Gasteiger partial charge in [0.15, 0.2) is 0 Å². The zero-order chi connectivity index (χ0) is 13.2. The highest BCUT2D eigenvalue weighted by Gasteiger charge is 2.07. The molecule has 3 rings (SSSR count). The zero-order valence-electron chi connectivity index (χ0n) is 10.2. The van der Waals surface area contributed by atoms with E-state index in [1.54, 1.807) is 36.6 Å². The Morgan fingerprint density at radius 3 is 2.89 bits per heavy atom. The van der Waals surface area contributed by atoms with Gasteiger partial charge in [0.1, 0.15) is 23.7 Å². The molecule has 0 spiro atoms. The molecule has 1 heterocycles. The number of benzene rings is 2. The highest BCUT2D eigenvalue weighted by molar-refractivity contribution is 5.83. The fraction of sp³-hybridized carbons (Fsp3) is 0.0667. The van der Waals surface area contributed by atoms with Gasteiger partial charge in [-0.25, -0.2) is 0 Å². The summed E-state index contributed by atoms with van der Waals surface area (Å²) < 4.78 is 11.1. The number of anilines is 1. The van der Waals surface area contributed by atoms with Crippen LogP contribution in [-0.2, 0) is 6.61 Å².